The fourth-order valence-corrected chi connectivity index (χ4v) is 1.64. The summed E-state index contributed by atoms with van der Waals surface area (Å²) in [4.78, 5) is 17.4. The van der Waals surface area contributed by atoms with Gasteiger partial charge in [-0.25, -0.2) is 9.78 Å². The van der Waals surface area contributed by atoms with E-state index in [9.17, 15) is 4.79 Å². The Bertz CT molecular complexity index is 560. The highest BCUT2D eigenvalue weighted by atomic mass is 16.1. The van der Waals surface area contributed by atoms with E-state index in [4.69, 9.17) is 5.73 Å². The van der Waals surface area contributed by atoms with Gasteiger partial charge < -0.3 is 10.7 Å². The summed E-state index contributed by atoms with van der Waals surface area (Å²) in [5, 5.41) is 0. The molecule has 0 amide bonds. The average Bonchev–Trinajstić information content (AvgIpc) is 2.29. The summed E-state index contributed by atoms with van der Waals surface area (Å²) in [5.41, 5.74) is 9.08. The van der Waals surface area contributed by atoms with Gasteiger partial charge in [-0.1, -0.05) is 18.2 Å². The maximum Gasteiger partial charge on any atom is 0.345 e. The molecule has 0 spiro atoms. The number of aromatic amines is 1. The van der Waals surface area contributed by atoms with Gasteiger partial charge in [0.2, 0.25) is 0 Å². The van der Waals surface area contributed by atoms with E-state index in [-0.39, 0.29) is 5.69 Å². The van der Waals surface area contributed by atoms with E-state index >= 15 is 0 Å². The fraction of sp³-hybridized carbons (Fsp3) is 0.167. The van der Waals surface area contributed by atoms with E-state index in [2.05, 4.69) is 9.97 Å². The van der Waals surface area contributed by atoms with E-state index in [1.165, 1.54) is 0 Å². The highest BCUT2D eigenvalue weighted by Crippen LogP contribution is 2.20. The van der Waals surface area contributed by atoms with E-state index < -0.39 is 0 Å². The molecule has 2 aromatic rings. The van der Waals surface area contributed by atoms with Gasteiger partial charge in [0.25, 0.3) is 0 Å². The predicted molar refractivity (Wildman–Crippen MR) is 62.9 cm³/mol. The van der Waals surface area contributed by atoms with Crippen LogP contribution >= 0.6 is 0 Å². The minimum absolute atomic E-state index is 0.323. The zero-order valence-electron chi connectivity index (χ0n) is 9.03. The smallest absolute Gasteiger partial charge is 0.326 e. The summed E-state index contributed by atoms with van der Waals surface area (Å²) in [6, 6.07) is 7.89. The molecule has 0 aliphatic rings. The summed E-state index contributed by atoms with van der Waals surface area (Å²) in [7, 11) is 0. The molecule has 0 aliphatic heterocycles. The highest BCUT2D eigenvalue weighted by molar-refractivity contribution is 5.65. The van der Waals surface area contributed by atoms with E-state index in [0.717, 1.165) is 22.4 Å². The molecule has 0 radical (unpaired) electrons. The number of aryl methyl sites for hydroxylation is 1. The number of hydrogen-bond acceptors (Lipinski definition) is 3. The molecular weight excluding hydrogens is 202 g/mol. The van der Waals surface area contributed by atoms with Gasteiger partial charge in [-0.3, -0.25) is 0 Å². The van der Waals surface area contributed by atoms with Gasteiger partial charge in [-0.05, 0) is 24.1 Å². The lowest BCUT2D eigenvalue weighted by atomic mass is 10.0. The average molecular weight is 215 g/mol. The van der Waals surface area contributed by atoms with Gasteiger partial charge in [0.1, 0.15) is 0 Å². The van der Waals surface area contributed by atoms with Gasteiger partial charge in [0.05, 0.1) is 0 Å². The molecule has 2 rings (SSSR count). The van der Waals surface area contributed by atoms with Crippen LogP contribution in [-0.4, -0.2) is 9.97 Å². The maximum atomic E-state index is 11.0. The van der Waals surface area contributed by atoms with Crippen molar-refractivity contribution in [2.75, 3.05) is 0 Å². The molecular formula is C12H13N3O. The Labute approximate surface area is 93.2 Å². The van der Waals surface area contributed by atoms with Crippen molar-refractivity contribution in [3.05, 3.63) is 52.2 Å². The largest absolute Gasteiger partial charge is 0.345 e. The molecule has 0 saturated carbocycles. The van der Waals surface area contributed by atoms with E-state index in [0.29, 0.717) is 6.54 Å². The second-order valence-electron chi connectivity index (χ2n) is 3.63. The molecule has 4 heteroatoms. The molecule has 82 valence electrons. The molecule has 1 aromatic heterocycles. The Kier molecular flexibility index (Phi) is 2.83. The van der Waals surface area contributed by atoms with Crippen molar-refractivity contribution in [3.8, 4) is 11.1 Å². The Morgan fingerprint density at radius 1 is 1.44 bits per heavy atom. The monoisotopic (exact) mass is 215 g/mol. The van der Waals surface area contributed by atoms with Crippen LogP contribution in [0.2, 0.25) is 0 Å². The third-order valence-electron chi connectivity index (χ3n) is 2.48. The number of hydrogen-bond donors (Lipinski definition) is 2. The molecule has 0 aliphatic carbocycles. The van der Waals surface area contributed by atoms with Crippen molar-refractivity contribution in [2.45, 2.75) is 13.5 Å². The number of nitrogens with one attached hydrogen (secondary N) is 1. The second kappa shape index (κ2) is 4.28. The normalized spacial score (nSPS) is 10.4. The van der Waals surface area contributed by atoms with Crippen molar-refractivity contribution in [1.82, 2.24) is 9.97 Å². The van der Waals surface area contributed by atoms with E-state index in [1.807, 2.05) is 31.2 Å². The number of H-pyrrole nitrogens is 1. The summed E-state index contributed by atoms with van der Waals surface area (Å²) >= 11 is 0. The predicted octanol–water partition coefficient (Wildman–Crippen LogP) is 1.20. The summed E-state index contributed by atoms with van der Waals surface area (Å²) in [6.45, 7) is 2.36. The minimum Gasteiger partial charge on any atom is -0.326 e. The number of aromatic nitrogens is 2. The van der Waals surface area contributed by atoms with Crippen molar-refractivity contribution < 1.29 is 0 Å². The number of rotatable bonds is 2. The summed E-state index contributed by atoms with van der Waals surface area (Å²) in [6.07, 6.45) is 1.59. The molecule has 0 unspecified atom stereocenters. The first-order chi connectivity index (χ1) is 7.70. The summed E-state index contributed by atoms with van der Waals surface area (Å²) in [5.74, 6) is 0. The molecule has 4 nitrogen and oxygen atoms in total. The van der Waals surface area contributed by atoms with Gasteiger partial charge in [0.15, 0.2) is 0 Å². The quantitative estimate of drug-likeness (QED) is 0.790. The lowest BCUT2D eigenvalue weighted by molar-refractivity contribution is 1.03. The zero-order valence-corrected chi connectivity index (χ0v) is 9.03. The number of nitrogens with zero attached hydrogens (tertiary/aromatic N) is 1. The van der Waals surface area contributed by atoms with Gasteiger partial charge in [-0.15, -0.1) is 0 Å². The van der Waals surface area contributed by atoms with Crippen LogP contribution in [0, 0.1) is 6.92 Å². The fourth-order valence-electron chi connectivity index (χ4n) is 1.64. The first-order valence-electron chi connectivity index (χ1n) is 5.06. The molecule has 3 N–H and O–H groups in total. The molecule has 0 saturated heterocycles. The van der Waals surface area contributed by atoms with Crippen LogP contribution in [-0.2, 0) is 6.54 Å². The van der Waals surface area contributed by atoms with Crippen molar-refractivity contribution in [2.24, 2.45) is 5.73 Å². The van der Waals surface area contributed by atoms with Crippen LogP contribution in [0.5, 0.6) is 0 Å². The van der Waals surface area contributed by atoms with Crippen LogP contribution in [0.3, 0.4) is 0 Å². The lowest BCUT2D eigenvalue weighted by Crippen LogP contribution is -2.11. The second-order valence-corrected chi connectivity index (χ2v) is 3.63. The van der Waals surface area contributed by atoms with Crippen molar-refractivity contribution in [1.29, 1.82) is 0 Å². The maximum absolute atomic E-state index is 11.0. The SMILES string of the molecule is Cc1[nH]c(=O)ncc1-c1cccc(CN)c1. The standard InChI is InChI=1S/C12H13N3O/c1-8-11(7-14-12(16)15-8)10-4-2-3-9(5-10)6-13/h2-5,7H,6,13H2,1H3,(H,14,15,16). The van der Waals surface area contributed by atoms with Gasteiger partial charge in [0, 0.05) is 24.0 Å². The Hall–Kier alpha value is -1.94. The topological polar surface area (TPSA) is 71.8 Å². The van der Waals surface area contributed by atoms with Crippen molar-refractivity contribution in [3.63, 3.8) is 0 Å². The Morgan fingerprint density at radius 3 is 2.94 bits per heavy atom. The molecule has 0 atom stereocenters. The van der Waals surface area contributed by atoms with Crippen LogP contribution in [0.1, 0.15) is 11.3 Å². The van der Waals surface area contributed by atoms with Crippen molar-refractivity contribution >= 4 is 0 Å². The van der Waals surface area contributed by atoms with E-state index in [1.54, 1.807) is 6.20 Å². The third-order valence-corrected chi connectivity index (χ3v) is 2.48. The Balaban J connectivity index is 2.54. The Morgan fingerprint density at radius 2 is 2.25 bits per heavy atom. The van der Waals surface area contributed by atoms with Crippen LogP contribution < -0.4 is 11.4 Å². The van der Waals surface area contributed by atoms with Gasteiger partial charge >= 0.3 is 5.69 Å². The molecule has 1 heterocycles. The molecule has 1 aromatic carbocycles. The molecule has 16 heavy (non-hydrogen) atoms. The van der Waals surface area contributed by atoms with Gasteiger partial charge in [-0.2, -0.15) is 0 Å². The first-order valence-corrected chi connectivity index (χ1v) is 5.06. The molecule has 0 bridgehead atoms. The minimum atomic E-state index is -0.323. The molecule has 0 fully saturated rings. The number of nitrogens with two attached hydrogens (primary N) is 1. The van der Waals surface area contributed by atoms with Crippen LogP contribution in [0.15, 0.2) is 35.3 Å². The third kappa shape index (κ3) is 2.01. The summed E-state index contributed by atoms with van der Waals surface area (Å²) < 4.78 is 0. The van der Waals surface area contributed by atoms with Crippen LogP contribution in [0.25, 0.3) is 11.1 Å². The zero-order chi connectivity index (χ0) is 11.5. The highest BCUT2D eigenvalue weighted by Gasteiger charge is 2.03. The lowest BCUT2D eigenvalue weighted by Gasteiger charge is -2.06. The first kappa shape index (κ1) is 10.6. The number of benzene rings is 1. The van der Waals surface area contributed by atoms with Crippen LogP contribution in [0.4, 0.5) is 0 Å².